The van der Waals surface area contributed by atoms with Gasteiger partial charge in [0, 0.05) is 25.1 Å². The number of hydrogen-bond acceptors (Lipinski definition) is 3. The van der Waals surface area contributed by atoms with Gasteiger partial charge >= 0.3 is 6.18 Å². The van der Waals surface area contributed by atoms with Crippen LogP contribution in [0.15, 0.2) is 36.4 Å². The van der Waals surface area contributed by atoms with Gasteiger partial charge in [0.05, 0.1) is 23.5 Å². The van der Waals surface area contributed by atoms with Crippen molar-refractivity contribution >= 4 is 17.3 Å². The van der Waals surface area contributed by atoms with E-state index < -0.39 is 17.6 Å². The number of alkyl halides is 3. The molecular formula is C20H19F3N2O2. The number of anilines is 2. The second-order valence-corrected chi connectivity index (χ2v) is 6.80. The third kappa shape index (κ3) is 3.59. The third-order valence-electron chi connectivity index (χ3n) is 4.97. The summed E-state index contributed by atoms with van der Waals surface area (Å²) in [7, 11) is 0. The molecule has 142 valence electrons. The summed E-state index contributed by atoms with van der Waals surface area (Å²) in [5.41, 5.74) is 1.38. The first-order valence-electron chi connectivity index (χ1n) is 8.95. The van der Waals surface area contributed by atoms with Crippen molar-refractivity contribution < 1.29 is 22.7 Å². The smallest absolute Gasteiger partial charge is 0.416 e. The Balaban J connectivity index is 1.65. The van der Waals surface area contributed by atoms with Crippen LogP contribution in [0.4, 0.5) is 24.5 Å². The molecule has 0 bridgehead atoms. The number of hydrogen-bond donors (Lipinski definition) is 1. The molecule has 1 saturated heterocycles. The second kappa shape index (κ2) is 6.79. The van der Waals surface area contributed by atoms with Crippen LogP contribution in [0.1, 0.15) is 34.3 Å². The molecule has 7 heteroatoms. The van der Waals surface area contributed by atoms with Crippen molar-refractivity contribution in [2.45, 2.75) is 25.4 Å². The number of rotatable bonds is 3. The van der Waals surface area contributed by atoms with Crippen LogP contribution in [-0.4, -0.2) is 25.6 Å². The summed E-state index contributed by atoms with van der Waals surface area (Å²) < 4.78 is 44.9. The minimum Gasteiger partial charge on any atom is -0.493 e. The lowest BCUT2D eigenvalue weighted by Crippen LogP contribution is -2.22. The highest BCUT2D eigenvalue weighted by molar-refractivity contribution is 6.06. The van der Waals surface area contributed by atoms with Gasteiger partial charge in [-0.2, -0.15) is 13.2 Å². The predicted octanol–water partition coefficient (Wildman–Crippen LogP) is 4.49. The van der Waals surface area contributed by atoms with Crippen LogP contribution >= 0.6 is 0 Å². The SMILES string of the molecule is O=C(Nc1cc(C(F)(F)F)ccc1N1CCCC1)c1ccc2c(c1)CCO2. The van der Waals surface area contributed by atoms with E-state index in [-0.39, 0.29) is 5.69 Å². The average Bonchev–Trinajstić information content (AvgIpc) is 3.32. The minimum atomic E-state index is -4.46. The molecule has 2 aromatic carbocycles. The average molecular weight is 376 g/mol. The minimum absolute atomic E-state index is 0.188. The van der Waals surface area contributed by atoms with E-state index in [4.69, 9.17) is 4.74 Å². The Morgan fingerprint density at radius 1 is 1.07 bits per heavy atom. The molecule has 1 fully saturated rings. The molecule has 1 amide bonds. The number of carbonyl (C=O) groups excluding carboxylic acids is 1. The van der Waals surface area contributed by atoms with Gasteiger partial charge in [-0.3, -0.25) is 4.79 Å². The quantitative estimate of drug-likeness (QED) is 0.858. The number of amides is 1. The fourth-order valence-electron chi connectivity index (χ4n) is 3.57. The second-order valence-electron chi connectivity index (χ2n) is 6.80. The van der Waals surface area contributed by atoms with E-state index in [1.54, 1.807) is 18.2 Å². The van der Waals surface area contributed by atoms with Crippen LogP contribution in [0.5, 0.6) is 5.75 Å². The monoisotopic (exact) mass is 376 g/mol. The first-order valence-corrected chi connectivity index (χ1v) is 8.95. The molecule has 4 rings (SSSR count). The number of fused-ring (bicyclic) bond motifs is 1. The van der Waals surface area contributed by atoms with E-state index in [1.807, 2.05) is 4.90 Å². The maximum atomic E-state index is 13.1. The van der Waals surface area contributed by atoms with Crippen molar-refractivity contribution in [3.05, 3.63) is 53.1 Å². The van der Waals surface area contributed by atoms with Gasteiger partial charge in [0.25, 0.3) is 5.91 Å². The van der Waals surface area contributed by atoms with Crippen LogP contribution in [0.25, 0.3) is 0 Å². The van der Waals surface area contributed by atoms with Gasteiger partial charge in [-0.05, 0) is 54.8 Å². The highest BCUT2D eigenvalue weighted by atomic mass is 19.4. The number of carbonyl (C=O) groups is 1. The van der Waals surface area contributed by atoms with E-state index in [0.29, 0.717) is 17.9 Å². The summed E-state index contributed by atoms with van der Waals surface area (Å²) in [6, 6.07) is 8.62. The number of benzene rings is 2. The maximum absolute atomic E-state index is 13.1. The summed E-state index contributed by atoms with van der Waals surface area (Å²) in [4.78, 5) is 14.7. The molecule has 2 aromatic rings. The molecule has 0 atom stereocenters. The number of nitrogens with zero attached hydrogens (tertiary/aromatic N) is 1. The zero-order chi connectivity index (χ0) is 19.0. The summed E-state index contributed by atoms with van der Waals surface area (Å²) in [5.74, 6) is 0.327. The van der Waals surface area contributed by atoms with E-state index in [9.17, 15) is 18.0 Å². The molecule has 2 heterocycles. The third-order valence-corrected chi connectivity index (χ3v) is 4.97. The lowest BCUT2D eigenvalue weighted by Gasteiger charge is -2.23. The molecular weight excluding hydrogens is 357 g/mol. The fraction of sp³-hybridized carbons (Fsp3) is 0.350. The molecule has 1 N–H and O–H groups in total. The van der Waals surface area contributed by atoms with Gasteiger partial charge in [0.1, 0.15) is 5.75 Å². The molecule has 0 saturated carbocycles. The van der Waals surface area contributed by atoms with Crippen LogP contribution in [0.3, 0.4) is 0 Å². The molecule has 0 aliphatic carbocycles. The Hall–Kier alpha value is -2.70. The van der Waals surface area contributed by atoms with Crippen LogP contribution < -0.4 is 15.0 Å². The van der Waals surface area contributed by atoms with Gasteiger partial charge < -0.3 is 15.0 Å². The van der Waals surface area contributed by atoms with Crippen molar-refractivity contribution in [2.75, 3.05) is 29.9 Å². The summed E-state index contributed by atoms with van der Waals surface area (Å²) in [6.07, 6.45) is -1.77. The Labute approximate surface area is 154 Å². The molecule has 27 heavy (non-hydrogen) atoms. The summed E-state index contributed by atoms with van der Waals surface area (Å²) in [6.45, 7) is 2.11. The molecule has 4 nitrogen and oxygen atoms in total. The van der Waals surface area contributed by atoms with E-state index in [0.717, 1.165) is 55.8 Å². The highest BCUT2D eigenvalue weighted by Gasteiger charge is 2.32. The molecule has 0 unspecified atom stereocenters. The predicted molar refractivity (Wildman–Crippen MR) is 96.5 cm³/mol. The first-order chi connectivity index (χ1) is 12.9. The number of halogens is 3. The fourth-order valence-corrected chi connectivity index (χ4v) is 3.57. The molecule has 0 spiro atoms. The molecule has 2 aliphatic rings. The molecule has 0 aromatic heterocycles. The van der Waals surface area contributed by atoms with Crippen molar-refractivity contribution in [3.8, 4) is 5.75 Å². The molecule has 0 radical (unpaired) electrons. The first kappa shape index (κ1) is 17.7. The van der Waals surface area contributed by atoms with Gasteiger partial charge in [0.15, 0.2) is 0 Å². The number of ether oxygens (including phenoxy) is 1. The lowest BCUT2D eigenvalue weighted by molar-refractivity contribution is -0.137. The Kier molecular flexibility index (Phi) is 4.45. The lowest BCUT2D eigenvalue weighted by atomic mass is 10.1. The normalized spacial score (nSPS) is 16.2. The Morgan fingerprint density at radius 2 is 1.85 bits per heavy atom. The topological polar surface area (TPSA) is 41.6 Å². The zero-order valence-corrected chi connectivity index (χ0v) is 14.6. The summed E-state index contributed by atoms with van der Waals surface area (Å²) in [5, 5.41) is 2.69. The van der Waals surface area contributed by atoms with Gasteiger partial charge in [-0.15, -0.1) is 0 Å². The van der Waals surface area contributed by atoms with Gasteiger partial charge in [-0.1, -0.05) is 0 Å². The largest absolute Gasteiger partial charge is 0.493 e. The zero-order valence-electron chi connectivity index (χ0n) is 14.6. The van der Waals surface area contributed by atoms with Gasteiger partial charge in [0.2, 0.25) is 0 Å². The maximum Gasteiger partial charge on any atom is 0.416 e. The Morgan fingerprint density at radius 3 is 2.59 bits per heavy atom. The van der Waals surface area contributed by atoms with Crippen LogP contribution in [-0.2, 0) is 12.6 Å². The summed E-state index contributed by atoms with van der Waals surface area (Å²) >= 11 is 0. The van der Waals surface area contributed by atoms with Crippen molar-refractivity contribution in [2.24, 2.45) is 0 Å². The highest BCUT2D eigenvalue weighted by Crippen LogP contribution is 2.37. The van der Waals surface area contributed by atoms with E-state index in [1.165, 1.54) is 6.07 Å². The van der Waals surface area contributed by atoms with Crippen molar-refractivity contribution in [1.29, 1.82) is 0 Å². The van der Waals surface area contributed by atoms with E-state index >= 15 is 0 Å². The Bertz CT molecular complexity index is 874. The van der Waals surface area contributed by atoms with Gasteiger partial charge in [-0.25, -0.2) is 0 Å². The molecule has 2 aliphatic heterocycles. The van der Waals surface area contributed by atoms with E-state index in [2.05, 4.69) is 5.32 Å². The van der Waals surface area contributed by atoms with Crippen LogP contribution in [0.2, 0.25) is 0 Å². The van der Waals surface area contributed by atoms with Crippen LogP contribution in [0, 0.1) is 0 Å². The standard InChI is InChI=1S/C20H19F3N2O2/c21-20(22,23)15-4-5-17(25-8-1-2-9-25)16(12-15)24-19(26)14-3-6-18-13(11-14)7-10-27-18/h3-6,11-12H,1-2,7-10H2,(H,24,26). The van der Waals surface area contributed by atoms with Crippen molar-refractivity contribution in [1.82, 2.24) is 0 Å². The van der Waals surface area contributed by atoms with Crippen molar-refractivity contribution in [3.63, 3.8) is 0 Å². The number of nitrogens with one attached hydrogen (secondary N) is 1.